The Labute approximate surface area is 132 Å². The zero-order valence-electron chi connectivity index (χ0n) is 12.4. The summed E-state index contributed by atoms with van der Waals surface area (Å²) in [7, 11) is 0. The van der Waals surface area contributed by atoms with Gasteiger partial charge in [0.2, 0.25) is 0 Å². The lowest BCUT2D eigenvalue weighted by Crippen LogP contribution is -2.24. The van der Waals surface area contributed by atoms with E-state index in [0.29, 0.717) is 24.3 Å². The van der Waals surface area contributed by atoms with Gasteiger partial charge in [0.15, 0.2) is 11.5 Å². The molecule has 2 aromatic heterocycles. The quantitative estimate of drug-likeness (QED) is 0.618. The van der Waals surface area contributed by atoms with Crippen LogP contribution < -0.4 is 5.32 Å². The van der Waals surface area contributed by atoms with Gasteiger partial charge in [0, 0.05) is 12.5 Å². The van der Waals surface area contributed by atoms with Crippen molar-refractivity contribution in [2.75, 3.05) is 5.32 Å². The molecule has 0 saturated heterocycles. The average molecular weight is 311 g/mol. The maximum atomic E-state index is 10.9. The standard InChI is InChI=1S/C16H17N5O2/c22-13(23)7-6-12(8-11-4-2-1-3-5-11)21-16-14-15(18-9-17-14)19-10-20-16/h1-5,9-10,12H,6-8H2,(H,22,23)(H2,17,18,19,20,21). The number of carboxylic acids is 1. The number of nitrogens with zero attached hydrogens (tertiary/aromatic N) is 3. The third kappa shape index (κ3) is 3.82. The molecule has 1 aromatic carbocycles. The molecule has 0 radical (unpaired) electrons. The topological polar surface area (TPSA) is 104 Å². The molecule has 0 aliphatic rings. The first-order chi connectivity index (χ1) is 11.2. The summed E-state index contributed by atoms with van der Waals surface area (Å²) in [5.41, 5.74) is 2.45. The largest absolute Gasteiger partial charge is 0.481 e. The Kier molecular flexibility index (Phi) is 4.46. The molecule has 1 atom stereocenters. The van der Waals surface area contributed by atoms with Crippen LogP contribution in [0.2, 0.25) is 0 Å². The highest BCUT2D eigenvalue weighted by molar-refractivity contribution is 5.82. The molecule has 0 saturated carbocycles. The van der Waals surface area contributed by atoms with E-state index in [1.54, 1.807) is 6.33 Å². The number of fused-ring (bicyclic) bond motifs is 1. The number of imidazole rings is 1. The third-order valence-electron chi connectivity index (χ3n) is 3.60. The van der Waals surface area contributed by atoms with E-state index in [2.05, 4.69) is 25.3 Å². The Morgan fingerprint density at radius 1 is 1.22 bits per heavy atom. The lowest BCUT2D eigenvalue weighted by Gasteiger charge is -2.19. The first-order valence-electron chi connectivity index (χ1n) is 7.38. The second kappa shape index (κ2) is 6.87. The van der Waals surface area contributed by atoms with Crippen LogP contribution in [0.15, 0.2) is 43.0 Å². The lowest BCUT2D eigenvalue weighted by atomic mass is 10.0. The van der Waals surface area contributed by atoms with Crippen LogP contribution in [0.25, 0.3) is 11.2 Å². The molecule has 23 heavy (non-hydrogen) atoms. The molecule has 0 bridgehead atoms. The number of H-pyrrole nitrogens is 1. The minimum Gasteiger partial charge on any atom is -0.481 e. The smallest absolute Gasteiger partial charge is 0.303 e. The Hall–Kier alpha value is -2.96. The van der Waals surface area contributed by atoms with E-state index in [4.69, 9.17) is 5.11 Å². The van der Waals surface area contributed by atoms with Gasteiger partial charge in [-0.2, -0.15) is 0 Å². The molecule has 118 valence electrons. The van der Waals surface area contributed by atoms with E-state index in [-0.39, 0.29) is 12.5 Å². The molecule has 2 heterocycles. The molecule has 0 aliphatic heterocycles. The molecular weight excluding hydrogens is 294 g/mol. The van der Waals surface area contributed by atoms with Crippen molar-refractivity contribution in [2.24, 2.45) is 0 Å². The molecular formula is C16H17N5O2. The van der Waals surface area contributed by atoms with E-state index in [1.165, 1.54) is 6.33 Å². The molecule has 0 spiro atoms. The van der Waals surface area contributed by atoms with Crippen LogP contribution in [0.1, 0.15) is 18.4 Å². The minimum atomic E-state index is -0.806. The molecule has 3 rings (SSSR count). The zero-order chi connectivity index (χ0) is 16.1. The van der Waals surface area contributed by atoms with Crippen molar-refractivity contribution in [2.45, 2.75) is 25.3 Å². The van der Waals surface area contributed by atoms with Gasteiger partial charge in [0.25, 0.3) is 0 Å². The Morgan fingerprint density at radius 3 is 2.83 bits per heavy atom. The van der Waals surface area contributed by atoms with Crippen LogP contribution >= 0.6 is 0 Å². The fourth-order valence-electron chi connectivity index (χ4n) is 2.49. The summed E-state index contributed by atoms with van der Waals surface area (Å²) in [5.74, 6) is -0.168. The SMILES string of the molecule is O=C(O)CCC(Cc1ccccc1)Nc1ncnc2nc[nH]c12. The second-order valence-electron chi connectivity index (χ2n) is 5.29. The summed E-state index contributed by atoms with van der Waals surface area (Å²) in [6.45, 7) is 0. The maximum absolute atomic E-state index is 10.9. The van der Waals surface area contributed by atoms with Crippen LogP contribution in [0.5, 0.6) is 0 Å². The predicted octanol–water partition coefficient (Wildman–Crippen LogP) is 2.24. The summed E-state index contributed by atoms with van der Waals surface area (Å²) in [6.07, 6.45) is 4.33. The van der Waals surface area contributed by atoms with Crippen molar-refractivity contribution in [3.05, 3.63) is 48.5 Å². The van der Waals surface area contributed by atoms with Crippen molar-refractivity contribution in [3.63, 3.8) is 0 Å². The zero-order valence-corrected chi connectivity index (χ0v) is 12.4. The minimum absolute atomic E-state index is 0.0464. The number of hydrogen-bond donors (Lipinski definition) is 3. The van der Waals surface area contributed by atoms with Crippen LogP contribution in [-0.2, 0) is 11.2 Å². The predicted molar refractivity (Wildman–Crippen MR) is 86.1 cm³/mol. The number of carboxylic acid groups (broad SMARTS) is 1. The number of rotatable bonds is 7. The van der Waals surface area contributed by atoms with Crippen molar-refractivity contribution in [3.8, 4) is 0 Å². The highest BCUT2D eigenvalue weighted by atomic mass is 16.4. The molecule has 0 amide bonds. The molecule has 3 aromatic rings. The van der Waals surface area contributed by atoms with Gasteiger partial charge in [-0.3, -0.25) is 4.79 Å². The van der Waals surface area contributed by atoms with Gasteiger partial charge in [0.1, 0.15) is 11.8 Å². The molecule has 1 unspecified atom stereocenters. The van der Waals surface area contributed by atoms with Crippen molar-refractivity contribution < 1.29 is 9.90 Å². The lowest BCUT2D eigenvalue weighted by molar-refractivity contribution is -0.137. The van der Waals surface area contributed by atoms with E-state index in [1.807, 2.05) is 30.3 Å². The number of aliphatic carboxylic acids is 1. The molecule has 7 heteroatoms. The Bertz CT molecular complexity index is 787. The molecule has 0 fully saturated rings. The van der Waals surface area contributed by atoms with Gasteiger partial charge in [-0.15, -0.1) is 0 Å². The van der Waals surface area contributed by atoms with Gasteiger partial charge in [-0.05, 0) is 18.4 Å². The monoisotopic (exact) mass is 311 g/mol. The number of hydrogen-bond acceptors (Lipinski definition) is 5. The Morgan fingerprint density at radius 2 is 2.04 bits per heavy atom. The fourth-order valence-corrected chi connectivity index (χ4v) is 2.49. The van der Waals surface area contributed by atoms with Crippen LogP contribution in [-0.4, -0.2) is 37.1 Å². The highest BCUT2D eigenvalue weighted by Crippen LogP contribution is 2.18. The number of carbonyl (C=O) groups is 1. The second-order valence-corrected chi connectivity index (χ2v) is 5.29. The number of aromatic amines is 1. The number of aromatic nitrogens is 4. The first-order valence-corrected chi connectivity index (χ1v) is 7.38. The summed E-state index contributed by atoms with van der Waals surface area (Å²) in [5, 5.41) is 12.3. The third-order valence-corrected chi connectivity index (χ3v) is 3.60. The molecule has 3 N–H and O–H groups in total. The molecule has 7 nitrogen and oxygen atoms in total. The number of benzene rings is 1. The van der Waals surface area contributed by atoms with Crippen molar-refractivity contribution in [1.82, 2.24) is 19.9 Å². The normalized spacial score (nSPS) is 12.2. The average Bonchev–Trinajstić information content (AvgIpc) is 3.03. The van der Waals surface area contributed by atoms with Crippen molar-refractivity contribution >= 4 is 23.0 Å². The highest BCUT2D eigenvalue weighted by Gasteiger charge is 2.15. The van der Waals surface area contributed by atoms with Gasteiger partial charge in [-0.1, -0.05) is 30.3 Å². The Balaban J connectivity index is 1.80. The number of nitrogens with one attached hydrogen (secondary N) is 2. The van der Waals surface area contributed by atoms with Gasteiger partial charge in [-0.25, -0.2) is 15.0 Å². The van der Waals surface area contributed by atoms with E-state index >= 15 is 0 Å². The van der Waals surface area contributed by atoms with Gasteiger partial charge < -0.3 is 15.4 Å². The van der Waals surface area contributed by atoms with E-state index in [0.717, 1.165) is 11.1 Å². The van der Waals surface area contributed by atoms with Gasteiger partial charge >= 0.3 is 5.97 Å². The van der Waals surface area contributed by atoms with Crippen molar-refractivity contribution in [1.29, 1.82) is 0 Å². The summed E-state index contributed by atoms with van der Waals surface area (Å²) in [4.78, 5) is 26.3. The fraction of sp³-hybridized carbons (Fsp3) is 0.250. The van der Waals surface area contributed by atoms with Crippen LogP contribution in [0.4, 0.5) is 5.82 Å². The van der Waals surface area contributed by atoms with Crippen LogP contribution in [0, 0.1) is 0 Å². The molecule has 0 aliphatic carbocycles. The summed E-state index contributed by atoms with van der Waals surface area (Å²) < 4.78 is 0. The van der Waals surface area contributed by atoms with Crippen LogP contribution in [0.3, 0.4) is 0 Å². The van der Waals surface area contributed by atoms with Gasteiger partial charge in [0.05, 0.1) is 6.33 Å². The number of anilines is 1. The first kappa shape index (κ1) is 15.0. The van der Waals surface area contributed by atoms with E-state index in [9.17, 15) is 4.79 Å². The maximum Gasteiger partial charge on any atom is 0.303 e. The summed E-state index contributed by atoms with van der Waals surface area (Å²) in [6, 6.07) is 9.92. The van der Waals surface area contributed by atoms with E-state index < -0.39 is 5.97 Å². The summed E-state index contributed by atoms with van der Waals surface area (Å²) >= 11 is 0.